The van der Waals surface area contributed by atoms with Gasteiger partial charge < -0.3 is 15.0 Å². The van der Waals surface area contributed by atoms with E-state index in [9.17, 15) is 13.9 Å². The second-order valence-corrected chi connectivity index (χ2v) is 6.39. The molecule has 1 atom stereocenters. The number of nitrogens with zero attached hydrogens (tertiary/aromatic N) is 2. The van der Waals surface area contributed by atoms with Crippen molar-refractivity contribution in [1.82, 2.24) is 9.97 Å². The summed E-state index contributed by atoms with van der Waals surface area (Å²) < 4.78 is 29.0. The Morgan fingerprint density at radius 2 is 2.00 bits per heavy atom. The van der Waals surface area contributed by atoms with Crippen molar-refractivity contribution in [2.45, 2.75) is 13.3 Å². The van der Waals surface area contributed by atoms with Crippen LogP contribution in [0.3, 0.4) is 0 Å². The van der Waals surface area contributed by atoms with Crippen LogP contribution in [0.2, 0.25) is 0 Å². The molecular formula is C18H17F2N3O. The molecule has 2 N–H and O–H groups in total. The van der Waals surface area contributed by atoms with E-state index in [1.54, 1.807) is 12.1 Å². The van der Waals surface area contributed by atoms with Crippen molar-refractivity contribution in [2.75, 3.05) is 18.0 Å². The van der Waals surface area contributed by atoms with Crippen LogP contribution >= 0.6 is 0 Å². The maximum atomic E-state index is 14.6. The molecule has 24 heavy (non-hydrogen) atoms. The summed E-state index contributed by atoms with van der Waals surface area (Å²) in [5.41, 5.74) is 1.44. The zero-order chi connectivity index (χ0) is 16.8. The molecule has 0 spiro atoms. The summed E-state index contributed by atoms with van der Waals surface area (Å²) in [5.74, 6) is -0.801. The third-order valence-electron chi connectivity index (χ3n) is 4.60. The highest BCUT2D eigenvalue weighted by molar-refractivity contribution is 5.84. The molecule has 1 saturated heterocycles. The van der Waals surface area contributed by atoms with Crippen LogP contribution in [0.15, 0.2) is 30.3 Å². The predicted octanol–water partition coefficient (Wildman–Crippen LogP) is 4.06. The summed E-state index contributed by atoms with van der Waals surface area (Å²) in [6.45, 7) is 4.22. The molecule has 0 bridgehead atoms. The maximum Gasteiger partial charge on any atom is 0.292 e. The topological polar surface area (TPSA) is 52.2 Å². The summed E-state index contributed by atoms with van der Waals surface area (Å²) >= 11 is 0. The number of benzene rings is 2. The van der Waals surface area contributed by atoms with E-state index in [-0.39, 0.29) is 16.6 Å². The fourth-order valence-corrected chi connectivity index (χ4v) is 3.34. The van der Waals surface area contributed by atoms with Crippen LogP contribution in [0, 0.1) is 17.6 Å². The molecular weight excluding hydrogens is 312 g/mol. The van der Waals surface area contributed by atoms with Crippen molar-refractivity contribution in [1.29, 1.82) is 0 Å². The molecule has 2 aromatic carbocycles. The van der Waals surface area contributed by atoms with Gasteiger partial charge in [0.2, 0.25) is 0 Å². The standard InChI is InChI=1S/C18H17F2N3O/c1-10-6-7-23(9-10)12-4-2-11(3-5-12)15-13(19)8-14-17(16(15)20)22-18(24)21-14/h2-5,8,10H,6-7,9H2,1H3,(H2,21,22,24)/t10-/m1/s1. The summed E-state index contributed by atoms with van der Waals surface area (Å²) in [7, 11) is 0. The van der Waals surface area contributed by atoms with Crippen LogP contribution in [0.1, 0.15) is 13.3 Å². The minimum atomic E-state index is -0.774. The quantitative estimate of drug-likeness (QED) is 0.745. The van der Waals surface area contributed by atoms with Crippen molar-refractivity contribution in [3.8, 4) is 17.1 Å². The third-order valence-corrected chi connectivity index (χ3v) is 4.60. The highest BCUT2D eigenvalue weighted by Crippen LogP contribution is 2.33. The fourth-order valence-electron chi connectivity index (χ4n) is 3.34. The number of fused-ring (bicyclic) bond motifs is 1. The van der Waals surface area contributed by atoms with Crippen molar-refractivity contribution < 1.29 is 13.9 Å². The minimum Gasteiger partial charge on any atom is -0.480 e. The van der Waals surface area contributed by atoms with Crippen LogP contribution in [-0.2, 0) is 0 Å². The first-order chi connectivity index (χ1) is 11.5. The second kappa shape index (κ2) is 5.47. The van der Waals surface area contributed by atoms with Gasteiger partial charge in [-0.05, 0) is 30.0 Å². The van der Waals surface area contributed by atoms with Crippen LogP contribution in [0.5, 0.6) is 6.01 Å². The largest absolute Gasteiger partial charge is 0.480 e. The molecule has 0 amide bonds. The molecule has 0 saturated carbocycles. The number of nitrogens with one attached hydrogen (secondary N) is 1. The van der Waals surface area contributed by atoms with Gasteiger partial charge in [0.15, 0.2) is 5.82 Å². The lowest BCUT2D eigenvalue weighted by Crippen LogP contribution is -2.18. The maximum absolute atomic E-state index is 14.6. The zero-order valence-electron chi connectivity index (χ0n) is 13.2. The van der Waals surface area contributed by atoms with E-state index in [1.165, 1.54) is 0 Å². The Hall–Kier alpha value is -2.63. The number of imidazole rings is 1. The fraction of sp³-hybridized carbons (Fsp3) is 0.278. The number of rotatable bonds is 2. The zero-order valence-corrected chi connectivity index (χ0v) is 13.2. The molecule has 1 aliphatic heterocycles. The Labute approximate surface area is 137 Å². The molecule has 0 unspecified atom stereocenters. The first-order valence-electron chi connectivity index (χ1n) is 7.95. The van der Waals surface area contributed by atoms with Gasteiger partial charge >= 0.3 is 0 Å². The first-order valence-corrected chi connectivity index (χ1v) is 7.95. The van der Waals surface area contributed by atoms with Crippen LogP contribution in [0.4, 0.5) is 14.5 Å². The summed E-state index contributed by atoms with van der Waals surface area (Å²) in [6, 6.07) is 7.93. The van der Waals surface area contributed by atoms with Gasteiger partial charge in [0, 0.05) is 24.8 Å². The average Bonchev–Trinajstić information content (AvgIpc) is 3.13. The summed E-state index contributed by atoms with van der Waals surface area (Å²) in [4.78, 5) is 8.38. The van der Waals surface area contributed by atoms with Crippen LogP contribution in [0.25, 0.3) is 22.2 Å². The first kappa shape index (κ1) is 14.9. The Balaban J connectivity index is 1.74. The number of anilines is 1. The van der Waals surface area contributed by atoms with Gasteiger partial charge in [-0.1, -0.05) is 19.1 Å². The summed E-state index contributed by atoms with van der Waals surface area (Å²) in [6.07, 6.45) is 1.16. The number of hydrogen-bond acceptors (Lipinski definition) is 3. The van der Waals surface area contributed by atoms with Crippen molar-refractivity contribution in [2.24, 2.45) is 5.92 Å². The van der Waals surface area contributed by atoms with Crippen LogP contribution < -0.4 is 4.90 Å². The molecule has 124 valence electrons. The Kier molecular flexibility index (Phi) is 3.40. The number of aromatic hydroxyl groups is 1. The minimum absolute atomic E-state index is 0.0682. The second-order valence-electron chi connectivity index (χ2n) is 6.39. The third kappa shape index (κ3) is 2.38. The lowest BCUT2D eigenvalue weighted by molar-refractivity contribution is 0.438. The van der Waals surface area contributed by atoms with Gasteiger partial charge in [0.1, 0.15) is 11.3 Å². The normalized spacial score (nSPS) is 17.8. The van der Waals surface area contributed by atoms with Crippen molar-refractivity contribution in [3.05, 3.63) is 42.0 Å². The van der Waals surface area contributed by atoms with Gasteiger partial charge in [-0.15, -0.1) is 0 Å². The van der Waals surface area contributed by atoms with Gasteiger partial charge in [-0.3, -0.25) is 0 Å². The van der Waals surface area contributed by atoms with E-state index >= 15 is 0 Å². The molecule has 4 rings (SSSR count). The van der Waals surface area contributed by atoms with Gasteiger partial charge in [0.25, 0.3) is 6.01 Å². The molecule has 0 aliphatic carbocycles. The van der Waals surface area contributed by atoms with Crippen molar-refractivity contribution in [3.63, 3.8) is 0 Å². The highest BCUT2D eigenvalue weighted by atomic mass is 19.1. The molecule has 1 aliphatic rings. The van der Waals surface area contributed by atoms with E-state index in [4.69, 9.17) is 0 Å². The Bertz CT molecular complexity index is 905. The summed E-state index contributed by atoms with van der Waals surface area (Å²) in [5, 5.41) is 9.35. The SMILES string of the molecule is C[C@@H]1CCN(c2ccc(-c3c(F)cc4[nH]c(O)nc4c3F)cc2)C1. The van der Waals surface area contributed by atoms with Gasteiger partial charge in [-0.25, -0.2) is 8.78 Å². The molecule has 0 radical (unpaired) electrons. The Morgan fingerprint density at radius 1 is 1.25 bits per heavy atom. The lowest BCUT2D eigenvalue weighted by atomic mass is 10.0. The van der Waals surface area contributed by atoms with E-state index in [2.05, 4.69) is 21.8 Å². The van der Waals surface area contributed by atoms with E-state index in [1.807, 2.05) is 12.1 Å². The molecule has 1 fully saturated rings. The van der Waals surface area contributed by atoms with Gasteiger partial charge in [-0.2, -0.15) is 4.98 Å². The average molecular weight is 329 g/mol. The number of hydrogen-bond donors (Lipinski definition) is 2. The van der Waals surface area contributed by atoms with E-state index in [0.29, 0.717) is 11.5 Å². The van der Waals surface area contributed by atoms with E-state index in [0.717, 1.165) is 31.3 Å². The van der Waals surface area contributed by atoms with Crippen molar-refractivity contribution >= 4 is 16.7 Å². The molecule has 6 heteroatoms. The number of aromatic amines is 1. The smallest absolute Gasteiger partial charge is 0.292 e. The van der Waals surface area contributed by atoms with Gasteiger partial charge in [0.05, 0.1) is 11.1 Å². The highest BCUT2D eigenvalue weighted by Gasteiger charge is 2.21. The molecule has 2 heterocycles. The number of halogens is 2. The molecule has 4 nitrogen and oxygen atoms in total. The Morgan fingerprint density at radius 3 is 2.67 bits per heavy atom. The predicted molar refractivity (Wildman–Crippen MR) is 89.1 cm³/mol. The molecule has 1 aromatic heterocycles. The lowest BCUT2D eigenvalue weighted by Gasteiger charge is -2.18. The number of aromatic nitrogens is 2. The van der Waals surface area contributed by atoms with E-state index < -0.39 is 17.6 Å². The monoisotopic (exact) mass is 329 g/mol. The van der Waals surface area contributed by atoms with Crippen LogP contribution in [-0.4, -0.2) is 28.2 Å². The number of H-pyrrole nitrogens is 1. The molecule has 3 aromatic rings.